The van der Waals surface area contributed by atoms with Crippen LogP contribution in [0.25, 0.3) is 0 Å². The van der Waals surface area contributed by atoms with Crippen LogP contribution in [0, 0.1) is 0 Å². The summed E-state index contributed by atoms with van der Waals surface area (Å²) in [7, 11) is -1.59. The summed E-state index contributed by atoms with van der Waals surface area (Å²) in [4.78, 5) is 35.8. The van der Waals surface area contributed by atoms with E-state index in [4.69, 9.17) is 5.11 Å². The number of fused-ring (bicyclic) bond motifs is 1. The summed E-state index contributed by atoms with van der Waals surface area (Å²) in [6.07, 6.45) is 5.15. The molecule has 0 fully saturated rings. The summed E-state index contributed by atoms with van der Waals surface area (Å²) in [5, 5.41) is 8.79. The molecule has 0 heterocycles. The second-order valence-electron chi connectivity index (χ2n) is 5.13. The summed E-state index contributed by atoms with van der Waals surface area (Å²) in [5.74, 6) is -0.812. The average Bonchev–Trinajstić information content (AvgIpc) is 2.40. The van der Waals surface area contributed by atoms with Crippen molar-refractivity contribution in [2.45, 2.75) is 6.42 Å². The predicted molar refractivity (Wildman–Crippen MR) is 79.7 cm³/mol. The minimum Gasteiger partial charge on any atom is -0.481 e. The van der Waals surface area contributed by atoms with Gasteiger partial charge in [-0.2, -0.15) is 0 Å². The minimum atomic E-state index is -1.59. The van der Waals surface area contributed by atoms with Crippen LogP contribution >= 0.6 is 10.0 Å². The van der Waals surface area contributed by atoms with Crippen molar-refractivity contribution in [2.75, 3.05) is 18.3 Å². The number of carbonyl (C=O) groups is 3. The standard InChI is InChI=1S/C15H16O4S/c1-20(2,8-7-14(17)18)13-9-12(16)10-5-3-4-6-11(10)15(13)19/h3-6,9H,7-8H2,1-2H3,(H,17,18). The smallest absolute Gasteiger partial charge is 0.304 e. The van der Waals surface area contributed by atoms with Crippen LogP contribution < -0.4 is 0 Å². The highest BCUT2D eigenvalue weighted by atomic mass is 32.3. The van der Waals surface area contributed by atoms with Gasteiger partial charge in [-0.3, -0.25) is 14.4 Å². The van der Waals surface area contributed by atoms with Gasteiger partial charge in [-0.1, -0.05) is 24.3 Å². The zero-order valence-electron chi connectivity index (χ0n) is 11.4. The number of rotatable bonds is 4. The molecule has 1 aromatic rings. The van der Waals surface area contributed by atoms with E-state index in [0.29, 0.717) is 21.8 Å². The summed E-state index contributed by atoms with van der Waals surface area (Å²) in [6.45, 7) is 0. The molecule has 4 nitrogen and oxygen atoms in total. The molecule has 0 aliphatic heterocycles. The summed E-state index contributed by atoms with van der Waals surface area (Å²) in [6, 6.07) is 6.75. The van der Waals surface area contributed by atoms with Crippen molar-refractivity contribution in [1.82, 2.24) is 0 Å². The quantitative estimate of drug-likeness (QED) is 0.925. The van der Waals surface area contributed by atoms with Crippen molar-refractivity contribution in [2.24, 2.45) is 0 Å². The summed E-state index contributed by atoms with van der Waals surface area (Å²) < 4.78 is 0. The van der Waals surface area contributed by atoms with Crippen LogP contribution in [-0.2, 0) is 4.79 Å². The van der Waals surface area contributed by atoms with E-state index in [1.807, 2.05) is 12.5 Å². The molecule has 1 aliphatic rings. The molecule has 5 heteroatoms. The van der Waals surface area contributed by atoms with Crippen molar-refractivity contribution in [1.29, 1.82) is 0 Å². The number of carbonyl (C=O) groups excluding carboxylic acids is 2. The van der Waals surface area contributed by atoms with E-state index >= 15 is 0 Å². The molecule has 20 heavy (non-hydrogen) atoms. The second kappa shape index (κ2) is 5.25. The fourth-order valence-electron chi connectivity index (χ4n) is 2.15. The van der Waals surface area contributed by atoms with E-state index in [2.05, 4.69) is 0 Å². The molecule has 1 N–H and O–H groups in total. The number of benzene rings is 1. The van der Waals surface area contributed by atoms with Crippen molar-refractivity contribution in [3.8, 4) is 0 Å². The number of ketones is 2. The van der Waals surface area contributed by atoms with Crippen molar-refractivity contribution in [3.63, 3.8) is 0 Å². The molecule has 0 aromatic heterocycles. The van der Waals surface area contributed by atoms with Gasteiger partial charge in [0.2, 0.25) is 0 Å². The van der Waals surface area contributed by atoms with Gasteiger partial charge < -0.3 is 5.11 Å². The monoisotopic (exact) mass is 292 g/mol. The van der Waals surface area contributed by atoms with Crippen molar-refractivity contribution in [3.05, 3.63) is 46.4 Å². The molecule has 106 valence electrons. The summed E-state index contributed by atoms with van der Waals surface area (Å²) in [5.41, 5.74) is 0.848. The zero-order valence-corrected chi connectivity index (χ0v) is 12.2. The lowest BCUT2D eigenvalue weighted by atomic mass is 9.95. The molecule has 0 radical (unpaired) electrons. The molecule has 2 rings (SSSR count). The predicted octanol–water partition coefficient (Wildman–Crippen LogP) is 2.49. The third-order valence-corrected chi connectivity index (χ3v) is 6.06. The maximum atomic E-state index is 12.5. The Bertz CT molecular complexity index is 629. The fraction of sp³-hybridized carbons (Fsp3) is 0.267. The molecule has 0 spiro atoms. The Balaban J connectivity index is 2.37. The van der Waals surface area contributed by atoms with Gasteiger partial charge in [0.1, 0.15) is 0 Å². The van der Waals surface area contributed by atoms with Crippen molar-refractivity contribution < 1.29 is 19.5 Å². The Hall–Kier alpha value is -1.88. The normalized spacial score (nSPS) is 15.6. The molecule has 1 aromatic carbocycles. The maximum absolute atomic E-state index is 12.5. The highest BCUT2D eigenvalue weighted by molar-refractivity contribution is 8.36. The Kier molecular flexibility index (Phi) is 3.81. The number of Topliss-reactive ketones (excluding diaryl/α,β-unsaturated/α-hetero) is 1. The molecule has 0 atom stereocenters. The van der Waals surface area contributed by atoms with Gasteiger partial charge in [-0.25, -0.2) is 10.0 Å². The van der Waals surface area contributed by atoms with Gasteiger partial charge in [-0.15, -0.1) is 0 Å². The number of aliphatic carboxylic acids is 1. The van der Waals surface area contributed by atoms with Crippen LogP contribution in [0.15, 0.2) is 35.2 Å². The van der Waals surface area contributed by atoms with E-state index < -0.39 is 16.0 Å². The Labute approximate surface area is 118 Å². The first-order chi connectivity index (χ1) is 9.33. The van der Waals surface area contributed by atoms with Gasteiger partial charge >= 0.3 is 5.97 Å². The Morgan fingerprint density at radius 3 is 2.35 bits per heavy atom. The average molecular weight is 292 g/mol. The largest absolute Gasteiger partial charge is 0.481 e. The van der Waals surface area contributed by atoms with E-state index in [1.54, 1.807) is 24.3 Å². The number of carboxylic acids is 1. The van der Waals surface area contributed by atoms with Gasteiger partial charge in [0.05, 0.1) is 6.42 Å². The van der Waals surface area contributed by atoms with Crippen LogP contribution in [-0.4, -0.2) is 40.9 Å². The lowest BCUT2D eigenvalue weighted by Gasteiger charge is -2.34. The van der Waals surface area contributed by atoms with Crippen LogP contribution in [0.3, 0.4) is 0 Å². The SMILES string of the molecule is CS(C)(CCC(=O)O)C1=CC(=O)c2ccccc2C1=O. The topological polar surface area (TPSA) is 71.4 Å². The maximum Gasteiger partial charge on any atom is 0.304 e. The number of allylic oxidation sites excluding steroid dienone is 2. The summed E-state index contributed by atoms with van der Waals surface area (Å²) >= 11 is 0. The molecular weight excluding hydrogens is 276 g/mol. The number of hydrogen-bond donors (Lipinski definition) is 1. The second-order valence-corrected chi connectivity index (χ2v) is 9.06. The molecule has 0 unspecified atom stereocenters. The molecule has 0 bridgehead atoms. The third kappa shape index (κ3) is 2.67. The first-order valence-corrected chi connectivity index (χ1v) is 8.77. The van der Waals surface area contributed by atoms with Gasteiger partial charge in [0, 0.05) is 22.1 Å². The van der Waals surface area contributed by atoms with E-state index in [0.717, 1.165) is 0 Å². The molecular formula is C15H16O4S. The fourth-order valence-corrected chi connectivity index (χ4v) is 4.10. The highest BCUT2D eigenvalue weighted by Gasteiger charge is 2.32. The first-order valence-electron chi connectivity index (χ1n) is 6.15. The van der Waals surface area contributed by atoms with Crippen molar-refractivity contribution >= 4 is 27.6 Å². The van der Waals surface area contributed by atoms with E-state index in [-0.39, 0.29) is 18.0 Å². The van der Waals surface area contributed by atoms with Crippen LogP contribution in [0.1, 0.15) is 27.1 Å². The molecule has 1 aliphatic carbocycles. The van der Waals surface area contributed by atoms with Gasteiger partial charge in [0.15, 0.2) is 11.6 Å². The lowest BCUT2D eigenvalue weighted by molar-refractivity contribution is -0.136. The number of hydrogen-bond acceptors (Lipinski definition) is 3. The molecule has 0 amide bonds. The van der Waals surface area contributed by atoms with Crippen LogP contribution in [0.4, 0.5) is 0 Å². The van der Waals surface area contributed by atoms with Crippen LogP contribution in [0.2, 0.25) is 0 Å². The Morgan fingerprint density at radius 1 is 1.15 bits per heavy atom. The molecule has 0 saturated heterocycles. The third-order valence-electron chi connectivity index (χ3n) is 3.34. The zero-order chi connectivity index (χ0) is 14.9. The van der Waals surface area contributed by atoms with E-state index in [9.17, 15) is 14.4 Å². The number of carboxylic acid groups (broad SMARTS) is 1. The van der Waals surface area contributed by atoms with Gasteiger partial charge in [-0.05, 0) is 18.3 Å². The highest BCUT2D eigenvalue weighted by Crippen LogP contribution is 2.51. The van der Waals surface area contributed by atoms with E-state index in [1.165, 1.54) is 6.08 Å². The van der Waals surface area contributed by atoms with Gasteiger partial charge in [0.25, 0.3) is 0 Å². The molecule has 0 saturated carbocycles. The Morgan fingerprint density at radius 2 is 1.75 bits per heavy atom. The lowest BCUT2D eigenvalue weighted by Crippen LogP contribution is -2.22. The first kappa shape index (κ1) is 14.5. The van der Waals surface area contributed by atoms with Crippen LogP contribution in [0.5, 0.6) is 0 Å². The minimum absolute atomic E-state index is 0.00277.